The average molecular weight is 497 g/mol. The first-order chi connectivity index (χ1) is 19.3. The molecule has 2 heterocycles. The molecule has 0 N–H and O–H groups in total. The molecule has 0 saturated heterocycles. The van der Waals surface area contributed by atoms with Gasteiger partial charge in [-0.1, -0.05) is 84.9 Å². The van der Waals surface area contributed by atoms with E-state index in [0.29, 0.717) is 0 Å². The number of aromatic nitrogens is 2. The Morgan fingerprint density at radius 2 is 1.23 bits per heavy atom. The Kier molecular flexibility index (Phi) is 4.05. The molecule has 0 radical (unpaired) electrons. The van der Waals surface area contributed by atoms with E-state index in [4.69, 9.17) is 14.4 Å². The molecule has 180 valence electrons. The predicted octanol–water partition coefficient (Wildman–Crippen LogP) is 9.66. The van der Waals surface area contributed by atoms with Crippen LogP contribution in [0.3, 0.4) is 0 Å². The van der Waals surface area contributed by atoms with E-state index in [-0.39, 0.29) is 0 Å². The number of furan rings is 1. The van der Waals surface area contributed by atoms with Gasteiger partial charge in [0.05, 0.1) is 22.4 Å². The Morgan fingerprint density at radius 1 is 0.487 bits per heavy atom. The number of nitrogens with zero attached hydrogens (tertiary/aromatic N) is 2. The number of fused-ring (bicyclic) bond motifs is 8. The maximum Gasteiger partial charge on any atom is 0.143 e. The van der Waals surface area contributed by atoms with Crippen molar-refractivity contribution in [3.05, 3.63) is 121 Å². The lowest BCUT2D eigenvalue weighted by molar-refractivity contribution is 0.670. The quantitative estimate of drug-likeness (QED) is 0.239. The van der Waals surface area contributed by atoms with E-state index in [2.05, 4.69) is 78.9 Å². The van der Waals surface area contributed by atoms with Gasteiger partial charge in [-0.15, -0.1) is 0 Å². The van der Waals surface area contributed by atoms with Gasteiger partial charge in [0.15, 0.2) is 0 Å². The molecule has 6 aromatic carbocycles. The van der Waals surface area contributed by atoms with Gasteiger partial charge in [-0.3, -0.25) is 0 Å². The van der Waals surface area contributed by atoms with Crippen LogP contribution in [0, 0.1) is 0 Å². The van der Waals surface area contributed by atoms with Crippen molar-refractivity contribution < 1.29 is 4.42 Å². The smallest absolute Gasteiger partial charge is 0.143 e. The molecule has 0 atom stereocenters. The number of hydrogen-bond donors (Lipinski definition) is 0. The van der Waals surface area contributed by atoms with Gasteiger partial charge in [-0.2, -0.15) is 0 Å². The highest BCUT2D eigenvalue weighted by Crippen LogP contribution is 2.52. The maximum absolute atomic E-state index is 6.48. The van der Waals surface area contributed by atoms with Crippen LogP contribution in [-0.2, 0) is 0 Å². The molecule has 8 aromatic rings. The molecule has 0 fully saturated rings. The van der Waals surface area contributed by atoms with Crippen molar-refractivity contribution in [2.75, 3.05) is 0 Å². The molecule has 0 amide bonds. The second-order valence-electron chi connectivity index (χ2n) is 10.2. The fourth-order valence-electron chi connectivity index (χ4n) is 6.26. The van der Waals surface area contributed by atoms with Gasteiger partial charge in [0.2, 0.25) is 0 Å². The van der Waals surface area contributed by atoms with Crippen molar-refractivity contribution in [3.8, 4) is 44.8 Å². The number of hydrogen-bond acceptors (Lipinski definition) is 3. The fraction of sp³-hybridized carbons (Fsp3) is 0. The van der Waals surface area contributed by atoms with Gasteiger partial charge in [0.1, 0.15) is 11.2 Å². The fourth-order valence-corrected chi connectivity index (χ4v) is 6.26. The minimum atomic E-state index is 0.890. The standard InChI is InChI=1S/C36H20N2O/c1-2-9-21(10-3-1)34-35(38-30-15-6-5-14-29(30)37-34)23-19-22-11-8-13-27-32(22)28(20-23)25-17-18-26-24-12-4-7-16-31(24)39-36(26)33(25)27/h1-20H. The lowest BCUT2D eigenvalue weighted by Crippen LogP contribution is -1.95. The Hall–Kier alpha value is -5.28. The van der Waals surface area contributed by atoms with Crippen molar-refractivity contribution in [1.82, 2.24) is 9.97 Å². The van der Waals surface area contributed by atoms with Crippen LogP contribution in [0.4, 0.5) is 0 Å². The first-order valence-corrected chi connectivity index (χ1v) is 13.2. The molecule has 1 aliphatic rings. The van der Waals surface area contributed by atoms with Crippen molar-refractivity contribution in [1.29, 1.82) is 0 Å². The third-order valence-corrected chi connectivity index (χ3v) is 7.97. The van der Waals surface area contributed by atoms with E-state index >= 15 is 0 Å². The molecule has 0 saturated carbocycles. The van der Waals surface area contributed by atoms with Gasteiger partial charge in [-0.05, 0) is 63.9 Å². The highest BCUT2D eigenvalue weighted by molar-refractivity contribution is 6.23. The Balaban J connectivity index is 1.36. The Morgan fingerprint density at radius 3 is 2.08 bits per heavy atom. The molecule has 0 unspecified atom stereocenters. The summed E-state index contributed by atoms with van der Waals surface area (Å²) in [5.74, 6) is 0. The minimum Gasteiger partial charge on any atom is -0.455 e. The molecule has 3 nitrogen and oxygen atoms in total. The number of para-hydroxylation sites is 3. The summed E-state index contributed by atoms with van der Waals surface area (Å²) in [6, 6.07) is 42.3. The normalized spacial score (nSPS) is 12.1. The van der Waals surface area contributed by atoms with Crippen LogP contribution in [0.2, 0.25) is 0 Å². The average Bonchev–Trinajstić information content (AvgIpc) is 3.54. The van der Waals surface area contributed by atoms with Crippen molar-refractivity contribution in [2.24, 2.45) is 0 Å². The van der Waals surface area contributed by atoms with Crippen LogP contribution in [-0.4, -0.2) is 9.97 Å². The summed E-state index contributed by atoms with van der Waals surface area (Å²) >= 11 is 0. The molecular weight excluding hydrogens is 476 g/mol. The first-order valence-electron chi connectivity index (χ1n) is 13.2. The van der Waals surface area contributed by atoms with E-state index < -0.39 is 0 Å². The van der Waals surface area contributed by atoms with Crippen molar-refractivity contribution >= 4 is 43.7 Å². The molecule has 2 aromatic heterocycles. The van der Waals surface area contributed by atoms with E-state index in [9.17, 15) is 0 Å². The van der Waals surface area contributed by atoms with E-state index in [1.165, 1.54) is 33.0 Å². The van der Waals surface area contributed by atoms with Gasteiger partial charge in [0, 0.05) is 27.5 Å². The molecule has 9 rings (SSSR count). The summed E-state index contributed by atoms with van der Waals surface area (Å²) in [7, 11) is 0. The van der Waals surface area contributed by atoms with Gasteiger partial charge >= 0.3 is 0 Å². The maximum atomic E-state index is 6.48. The van der Waals surface area contributed by atoms with Crippen molar-refractivity contribution in [3.63, 3.8) is 0 Å². The van der Waals surface area contributed by atoms with E-state index in [0.717, 1.165) is 55.5 Å². The SMILES string of the molecule is c1ccc(-c2nc3ccccc3nc2-c2cc3c4c(cccc4c2)-c2c-3ccc3c2oc2ccccc23)cc1. The third-order valence-electron chi connectivity index (χ3n) is 7.97. The number of benzene rings is 6. The van der Waals surface area contributed by atoms with Crippen LogP contribution in [0.15, 0.2) is 126 Å². The highest BCUT2D eigenvalue weighted by Gasteiger charge is 2.27. The van der Waals surface area contributed by atoms with Crippen LogP contribution in [0.5, 0.6) is 0 Å². The molecule has 0 aliphatic heterocycles. The zero-order valence-electron chi connectivity index (χ0n) is 20.8. The van der Waals surface area contributed by atoms with Gasteiger partial charge < -0.3 is 4.42 Å². The Bertz CT molecular complexity index is 2280. The van der Waals surface area contributed by atoms with Crippen LogP contribution < -0.4 is 0 Å². The third kappa shape index (κ3) is 2.87. The molecular formula is C36H20N2O. The zero-order chi connectivity index (χ0) is 25.5. The lowest BCUT2D eigenvalue weighted by Gasteiger charge is -2.13. The summed E-state index contributed by atoms with van der Waals surface area (Å²) in [4.78, 5) is 10.3. The molecule has 3 heteroatoms. The summed E-state index contributed by atoms with van der Waals surface area (Å²) in [6.45, 7) is 0. The second-order valence-corrected chi connectivity index (χ2v) is 10.2. The largest absolute Gasteiger partial charge is 0.455 e. The first kappa shape index (κ1) is 20.7. The molecule has 0 bridgehead atoms. The van der Waals surface area contributed by atoms with Crippen molar-refractivity contribution in [2.45, 2.75) is 0 Å². The second kappa shape index (κ2) is 7.62. The van der Waals surface area contributed by atoms with Gasteiger partial charge in [0.25, 0.3) is 0 Å². The van der Waals surface area contributed by atoms with Crippen LogP contribution >= 0.6 is 0 Å². The van der Waals surface area contributed by atoms with Gasteiger partial charge in [-0.25, -0.2) is 9.97 Å². The molecule has 0 spiro atoms. The monoisotopic (exact) mass is 496 g/mol. The Labute approximate surface area is 224 Å². The topological polar surface area (TPSA) is 38.9 Å². The van der Waals surface area contributed by atoms with E-state index in [1.54, 1.807) is 0 Å². The van der Waals surface area contributed by atoms with Crippen LogP contribution in [0.1, 0.15) is 0 Å². The number of rotatable bonds is 2. The van der Waals surface area contributed by atoms with Crippen LogP contribution in [0.25, 0.3) is 88.5 Å². The highest BCUT2D eigenvalue weighted by atomic mass is 16.3. The minimum absolute atomic E-state index is 0.890. The predicted molar refractivity (Wildman–Crippen MR) is 160 cm³/mol. The summed E-state index contributed by atoms with van der Waals surface area (Å²) in [6.07, 6.45) is 0. The summed E-state index contributed by atoms with van der Waals surface area (Å²) in [5.41, 5.74) is 12.4. The van der Waals surface area contributed by atoms with E-state index in [1.807, 2.05) is 42.5 Å². The molecule has 39 heavy (non-hydrogen) atoms. The molecule has 1 aliphatic carbocycles. The lowest BCUT2D eigenvalue weighted by atomic mass is 9.96. The summed E-state index contributed by atoms with van der Waals surface area (Å²) in [5, 5.41) is 4.76. The zero-order valence-corrected chi connectivity index (χ0v) is 20.8. The summed E-state index contributed by atoms with van der Waals surface area (Å²) < 4.78 is 6.48.